The first-order chi connectivity index (χ1) is 18.2. The van der Waals surface area contributed by atoms with Crippen LogP contribution in [0.1, 0.15) is 84.4 Å². The number of benzene rings is 1. The van der Waals surface area contributed by atoms with Crippen molar-refractivity contribution in [3.63, 3.8) is 0 Å². The average Bonchev–Trinajstić information content (AvgIpc) is 2.83. The standard InChI is InChI=1S/C28H44N4O7/c1-8-19(4)32(26(36)21(14-15-22(29)33)31-27(37)39-28(5,6)7)24(20-12-10-18(3)11-13-20)25(35)30-17-16-23(34)38-9-2/h10-13,19,21,24H,8-9,14-17H2,1-7H3,(H2,29,33)(H,30,35)(H,31,37). The summed E-state index contributed by atoms with van der Waals surface area (Å²) in [6, 6.07) is 4.48. The Balaban J connectivity index is 3.45. The zero-order chi connectivity index (χ0) is 29.8. The van der Waals surface area contributed by atoms with Gasteiger partial charge in [0.15, 0.2) is 0 Å². The van der Waals surface area contributed by atoms with Crippen molar-refractivity contribution in [3.05, 3.63) is 35.4 Å². The summed E-state index contributed by atoms with van der Waals surface area (Å²) in [6.45, 7) is 12.6. The maximum Gasteiger partial charge on any atom is 0.408 e. The number of aryl methyl sites for hydroxylation is 1. The van der Waals surface area contributed by atoms with Crippen molar-refractivity contribution < 1.29 is 33.4 Å². The number of nitrogens with zero attached hydrogens (tertiary/aromatic N) is 1. The van der Waals surface area contributed by atoms with Gasteiger partial charge < -0.3 is 30.7 Å². The van der Waals surface area contributed by atoms with E-state index in [0.717, 1.165) is 5.56 Å². The highest BCUT2D eigenvalue weighted by Crippen LogP contribution is 2.27. The van der Waals surface area contributed by atoms with Gasteiger partial charge in [0.1, 0.15) is 17.7 Å². The Labute approximate surface area is 231 Å². The number of hydrogen-bond donors (Lipinski definition) is 3. The number of esters is 1. The molecule has 0 aliphatic heterocycles. The number of primary amides is 1. The predicted molar refractivity (Wildman–Crippen MR) is 146 cm³/mol. The first-order valence-corrected chi connectivity index (χ1v) is 13.3. The first-order valence-electron chi connectivity index (χ1n) is 13.3. The molecule has 0 aromatic heterocycles. The molecule has 1 aromatic carbocycles. The van der Waals surface area contributed by atoms with Crippen LogP contribution in [-0.2, 0) is 28.7 Å². The first kappa shape index (κ1) is 33.4. The lowest BCUT2D eigenvalue weighted by atomic mass is 9.98. The smallest absolute Gasteiger partial charge is 0.408 e. The van der Waals surface area contributed by atoms with E-state index >= 15 is 0 Å². The maximum absolute atomic E-state index is 14.1. The normalized spacial score (nSPS) is 13.4. The van der Waals surface area contributed by atoms with Crippen LogP contribution in [0.2, 0.25) is 0 Å². The number of hydrogen-bond acceptors (Lipinski definition) is 7. The van der Waals surface area contributed by atoms with Gasteiger partial charge in [-0.15, -0.1) is 0 Å². The third-order valence-electron chi connectivity index (χ3n) is 5.84. The van der Waals surface area contributed by atoms with E-state index in [1.165, 1.54) is 4.90 Å². The van der Waals surface area contributed by atoms with Crippen LogP contribution in [0.25, 0.3) is 0 Å². The second-order valence-electron chi connectivity index (χ2n) is 10.4. The van der Waals surface area contributed by atoms with Crippen LogP contribution in [0.4, 0.5) is 4.79 Å². The minimum Gasteiger partial charge on any atom is -0.466 e. The molecule has 11 heteroatoms. The van der Waals surface area contributed by atoms with E-state index in [2.05, 4.69) is 10.6 Å². The zero-order valence-electron chi connectivity index (χ0n) is 24.2. The molecule has 3 unspecified atom stereocenters. The molecule has 1 rings (SSSR count). The number of alkyl carbamates (subject to hydrolysis) is 1. The molecule has 0 heterocycles. The Morgan fingerprint density at radius 3 is 2.15 bits per heavy atom. The summed E-state index contributed by atoms with van der Waals surface area (Å²) in [6.07, 6.45) is -0.606. The van der Waals surface area contributed by atoms with Crippen LogP contribution in [0, 0.1) is 6.92 Å². The average molecular weight is 549 g/mol. The highest BCUT2D eigenvalue weighted by Gasteiger charge is 2.38. The lowest BCUT2D eigenvalue weighted by molar-refractivity contribution is -0.146. The molecule has 218 valence electrons. The van der Waals surface area contributed by atoms with Gasteiger partial charge in [-0.25, -0.2) is 4.79 Å². The van der Waals surface area contributed by atoms with Gasteiger partial charge in [0.2, 0.25) is 17.7 Å². The summed E-state index contributed by atoms with van der Waals surface area (Å²) in [5.74, 6) is -2.15. The van der Waals surface area contributed by atoms with Crippen molar-refractivity contribution >= 4 is 29.8 Å². The zero-order valence-corrected chi connectivity index (χ0v) is 24.2. The molecule has 11 nitrogen and oxygen atoms in total. The summed E-state index contributed by atoms with van der Waals surface area (Å²) >= 11 is 0. The number of nitrogens with two attached hydrogens (primary N) is 1. The molecule has 0 aliphatic rings. The van der Waals surface area contributed by atoms with Crippen molar-refractivity contribution in [2.45, 2.75) is 97.9 Å². The van der Waals surface area contributed by atoms with E-state index in [0.29, 0.717) is 12.0 Å². The van der Waals surface area contributed by atoms with Gasteiger partial charge in [-0.3, -0.25) is 19.2 Å². The molecular weight excluding hydrogens is 504 g/mol. The predicted octanol–water partition coefficient (Wildman–Crippen LogP) is 2.89. The van der Waals surface area contributed by atoms with Gasteiger partial charge in [-0.2, -0.15) is 0 Å². The monoisotopic (exact) mass is 548 g/mol. The summed E-state index contributed by atoms with van der Waals surface area (Å²) in [5.41, 5.74) is 6.04. The summed E-state index contributed by atoms with van der Waals surface area (Å²) in [5, 5.41) is 5.30. The number of carbonyl (C=O) groups is 5. The van der Waals surface area contributed by atoms with Crippen LogP contribution in [0.15, 0.2) is 24.3 Å². The highest BCUT2D eigenvalue weighted by atomic mass is 16.6. The van der Waals surface area contributed by atoms with Crippen molar-refractivity contribution in [3.8, 4) is 0 Å². The van der Waals surface area contributed by atoms with Gasteiger partial charge in [0, 0.05) is 19.0 Å². The molecule has 4 amide bonds. The highest BCUT2D eigenvalue weighted by molar-refractivity contribution is 5.92. The third-order valence-corrected chi connectivity index (χ3v) is 5.84. The van der Waals surface area contributed by atoms with Gasteiger partial charge in [-0.1, -0.05) is 36.8 Å². The molecule has 1 aromatic rings. The van der Waals surface area contributed by atoms with Crippen LogP contribution >= 0.6 is 0 Å². The van der Waals surface area contributed by atoms with Gasteiger partial charge >= 0.3 is 12.1 Å². The second-order valence-corrected chi connectivity index (χ2v) is 10.4. The van der Waals surface area contributed by atoms with E-state index in [-0.39, 0.29) is 32.4 Å². The number of nitrogens with one attached hydrogen (secondary N) is 2. The van der Waals surface area contributed by atoms with E-state index < -0.39 is 53.5 Å². The SMILES string of the molecule is CCOC(=O)CCNC(=O)C(c1ccc(C)cc1)N(C(=O)C(CCC(N)=O)NC(=O)OC(C)(C)C)C(C)CC. The number of rotatable bonds is 14. The van der Waals surface area contributed by atoms with E-state index in [1.807, 2.05) is 26.0 Å². The minimum atomic E-state index is -1.18. The fourth-order valence-electron chi connectivity index (χ4n) is 3.77. The fourth-order valence-corrected chi connectivity index (χ4v) is 3.77. The van der Waals surface area contributed by atoms with Crippen LogP contribution in [0.3, 0.4) is 0 Å². The molecule has 0 saturated carbocycles. The molecule has 4 N–H and O–H groups in total. The molecule has 0 saturated heterocycles. The largest absolute Gasteiger partial charge is 0.466 e. The Bertz CT molecular complexity index is 989. The summed E-state index contributed by atoms with van der Waals surface area (Å²) in [4.78, 5) is 65.0. The van der Waals surface area contributed by atoms with Crippen LogP contribution in [-0.4, -0.2) is 65.5 Å². The third kappa shape index (κ3) is 11.7. The molecule has 0 spiro atoms. The summed E-state index contributed by atoms with van der Waals surface area (Å²) < 4.78 is 10.3. The second kappa shape index (κ2) is 15.7. The van der Waals surface area contributed by atoms with Crippen molar-refractivity contribution in [2.75, 3.05) is 13.2 Å². The maximum atomic E-state index is 14.1. The number of carbonyl (C=O) groups excluding carboxylic acids is 5. The Kier molecular flexibility index (Phi) is 13.4. The number of ether oxygens (including phenoxy) is 2. The van der Waals surface area contributed by atoms with E-state index in [1.54, 1.807) is 46.8 Å². The molecule has 3 atom stereocenters. The lowest BCUT2D eigenvalue weighted by Gasteiger charge is -2.38. The molecule has 39 heavy (non-hydrogen) atoms. The molecular formula is C28H44N4O7. The Morgan fingerprint density at radius 2 is 1.64 bits per heavy atom. The fraction of sp³-hybridized carbons (Fsp3) is 0.607. The van der Waals surface area contributed by atoms with Crippen molar-refractivity contribution in [2.24, 2.45) is 5.73 Å². The molecule has 0 aliphatic carbocycles. The van der Waals surface area contributed by atoms with Crippen LogP contribution < -0.4 is 16.4 Å². The van der Waals surface area contributed by atoms with Gasteiger partial charge in [0.25, 0.3) is 0 Å². The van der Waals surface area contributed by atoms with Crippen LogP contribution in [0.5, 0.6) is 0 Å². The van der Waals surface area contributed by atoms with Gasteiger partial charge in [-0.05, 0) is 59.9 Å². The van der Waals surface area contributed by atoms with E-state index in [4.69, 9.17) is 15.2 Å². The van der Waals surface area contributed by atoms with Crippen molar-refractivity contribution in [1.82, 2.24) is 15.5 Å². The summed E-state index contributed by atoms with van der Waals surface area (Å²) in [7, 11) is 0. The molecule has 0 bridgehead atoms. The molecule has 0 fully saturated rings. The quantitative estimate of drug-likeness (QED) is 0.302. The van der Waals surface area contributed by atoms with Gasteiger partial charge in [0.05, 0.1) is 13.0 Å². The minimum absolute atomic E-state index is 0.0177. The number of amides is 4. The lowest BCUT2D eigenvalue weighted by Crippen LogP contribution is -2.55. The molecule has 0 radical (unpaired) electrons. The van der Waals surface area contributed by atoms with Crippen molar-refractivity contribution in [1.29, 1.82) is 0 Å². The Hall–Kier alpha value is -3.63. The van der Waals surface area contributed by atoms with E-state index in [9.17, 15) is 24.0 Å². The Morgan fingerprint density at radius 1 is 1.03 bits per heavy atom. The topological polar surface area (TPSA) is 157 Å².